The normalized spacial score (nSPS) is 12.0. The third kappa shape index (κ3) is 3.78. The highest BCUT2D eigenvalue weighted by molar-refractivity contribution is 5.27. The van der Waals surface area contributed by atoms with Gasteiger partial charge in [0, 0.05) is 13.6 Å². The predicted octanol–water partition coefficient (Wildman–Crippen LogP) is 3.70. The van der Waals surface area contributed by atoms with Gasteiger partial charge in [-0.2, -0.15) is 18.2 Å². The first kappa shape index (κ1) is 16.3. The van der Waals surface area contributed by atoms with Crippen molar-refractivity contribution in [2.24, 2.45) is 0 Å². The Morgan fingerprint density at radius 2 is 2.00 bits per heavy atom. The Labute approximate surface area is 127 Å². The molecule has 0 aliphatic carbocycles. The maximum Gasteiger partial charge on any atom is 0.453 e. The third-order valence-electron chi connectivity index (χ3n) is 3.38. The first-order chi connectivity index (χ1) is 10.3. The van der Waals surface area contributed by atoms with Crippen LogP contribution in [-0.4, -0.2) is 21.8 Å². The lowest BCUT2D eigenvalue weighted by Crippen LogP contribution is -2.10. The van der Waals surface area contributed by atoms with Crippen molar-refractivity contribution in [2.75, 3.05) is 12.4 Å². The average molecular weight is 312 g/mol. The third-order valence-corrected chi connectivity index (χ3v) is 3.38. The van der Waals surface area contributed by atoms with Gasteiger partial charge in [0.15, 0.2) is 0 Å². The minimum atomic E-state index is -4.53. The van der Waals surface area contributed by atoms with Crippen LogP contribution in [0.4, 0.5) is 19.1 Å². The Morgan fingerprint density at radius 1 is 1.27 bits per heavy atom. The molecule has 1 heterocycles. The zero-order valence-corrected chi connectivity index (χ0v) is 12.8. The smallest absolute Gasteiger partial charge is 0.357 e. The number of benzene rings is 1. The fourth-order valence-electron chi connectivity index (χ4n) is 2.15. The molecule has 4 nitrogen and oxygen atoms in total. The Hall–Kier alpha value is -2.05. The molecule has 0 atom stereocenters. The molecule has 1 N–H and O–H groups in total. The van der Waals surface area contributed by atoms with Gasteiger partial charge in [0.1, 0.15) is 0 Å². The summed E-state index contributed by atoms with van der Waals surface area (Å²) in [5.41, 5.74) is 2.28. The summed E-state index contributed by atoms with van der Waals surface area (Å²) in [7, 11) is 1.53. The average Bonchev–Trinajstić information content (AvgIpc) is 2.88. The van der Waals surface area contributed by atoms with E-state index in [9.17, 15) is 13.2 Å². The van der Waals surface area contributed by atoms with E-state index in [0.29, 0.717) is 18.9 Å². The molecule has 0 aliphatic rings. The molecule has 1 aromatic heterocycles. The molecule has 0 radical (unpaired) electrons. The van der Waals surface area contributed by atoms with E-state index in [0.717, 1.165) is 5.56 Å². The molecule has 0 saturated carbocycles. The molecule has 120 valence electrons. The van der Waals surface area contributed by atoms with Gasteiger partial charge < -0.3 is 5.32 Å². The standard InChI is InChI=1S/C15H19F3N4/c1-10(2)12-6-4-5-11(9-12)7-8-22-14(19-3)20-13(21-22)15(16,17)18/h4-6,9-10H,7-8H2,1-3H3,(H,19,20,21). The first-order valence-electron chi connectivity index (χ1n) is 7.10. The number of hydrogen-bond donors (Lipinski definition) is 1. The second-order valence-electron chi connectivity index (χ2n) is 5.38. The fraction of sp³-hybridized carbons (Fsp3) is 0.467. The zero-order chi connectivity index (χ0) is 16.3. The minimum absolute atomic E-state index is 0.118. The van der Waals surface area contributed by atoms with Crippen LogP contribution in [0.15, 0.2) is 24.3 Å². The Kier molecular flexibility index (Phi) is 4.73. The molecule has 0 aliphatic heterocycles. The van der Waals surface area contributed by atoms with Gasteiger partial charge in [0.2, 0.25) is 5.95 Å². The highest BCUT2D eigenvalue weighted by atomic mass is 19.4. The van der Waals surface area contributed by atoms with Crippen LogP contribution in [0.2, 0.25) is 0 Å². The molecule has 22 heavy (non-hydrogen) atoms. The van der Waals surface area contributed by atoms with Crippen molar-refractivity contribution < 1.29 is 13.2 Å². The van der Waals surface area contributed by atoms with Crippen LogP contribution < -0.4 is 5.32 Å². The predicted molar refractivity (Wildman–Crippen MR) is 78.8 cm³/mol. The zero-order valence-electron chi connectivity index (χ0n) is 12.8. The Morgan fingerprint density at radius 3 is 2.59 bits per heavy atom. The van der Waals surface area contributed by atoms with E-state index < -0.39 is 12.0 Å². The quantitative estimate of drug-likeness (QED) is 0.915. The molecular weight excluding hydrogens is 293 g/mol. The van der Waals surface area contributed by atoms with Crippen molar-refractivity contribution >= 4 is 5.95 Å². The van der Waals surface area contributed by atoms with Crippen LogP contribution in [-0.2, 0) is 19.1 Å². The van der Waals surface area contributed by atoms with Crippen molar-refractivity contribution in [1.82, 2.24) is 14.8 Å². The highest BCUT2D eigenvalue weighted by Gasteiger charge is 2.37. The number of nitrogens with zero attached hydrogens (tertiary/aromatic N) is 3. The van der Waals surface area contributed by atoms with Gasteiger partial charge in [-0.1, -0.05) is 38.1 Å². The van der Waals surface area contributed by atoms with Gasteiger partial charge in [-0.25, -0.2) is 4.68 Å². The molecule has 2 rings (SSSR count). The van der Waals surface area contributed by atoms with Gasteiger partial charge >= 0.3 is 6.18 Å². The summed E-state index contributed by atoms with van der Waals surface area (Å²) in [6.45, 7) is 4.54. The summed E-state index contributed by atoms with van der Waals surface area (Å²) in [5, 5.41) is 6.19. The summed E-state index contributed by atoms with van der Waals surface area (Å²) in [6.07, 6.45) is -3.94. The van der Waals surface area contributed by atoms with Crippen molar-refractivity contribution in [1.29, 1.82) is 0 Å². The second-order valence-corrected chi connectivity index (χ2v) is 5.38. The molecule has 1 aromatic carbocycles. The Balaban J connectivity index is 2.14. The van der Waals surface area contributed by atoms with Crippen molar-refractivity contribution in [2.45, 2.75) is 38.9 Å². The lowest BCUT2D eigenvalue weighted by molar-refractivity contribution is -0.144. The van der Waals surface area contributed by atoms with Crippen LogP contribution >= 0.6 is 0 Å². The summed E-state index contributed by atoms with van der Waals surface area (Å²) in [5.74, 6) is -0.587. The van der Waals surface area contributed by atoms with Gasteiger partial charge in [0.05, 0.1) is 0 Å². The summed E-state index contributed by atoms with van der Waals surface area (Å²) < 4.78 is 39.2. The molecule has 0 bridgehead atoms. The number of halogens is 3. The van der Waals surface area contributed by atoms with Gasteiger partial charge in [0.25, 0.3) is 5.82 Å². The van der Waals surface area contributed by atoms with E-state index in [2.05, 4.69) is 35.3 Å². The van der Waals surface area contributed by atoms with Gasteiger partial charge in [-0.15, -0.1) is 5.10 Å². The van der Waals surface area contributed by atoms with E-state index in [-0.39, 0.29) is 5.95 Å². The van der Waals surface area contributed by atoms with Crippen LogP contribution in [0.5, 0.6) is 0 Å². The van der Waals surface area contributed by atoms with Crippen LogP contribution in [0, 0.1) is 0 Å². The lowest BCUT2D eigenvalue weighted by Gasteiger charge is -2.09. The highest BCUT2D eigenvalue weighted by Crippen LogP contribution is 2.27. The first-order valence-corrected chi connectivity index (χ1v) is 7.10. The molecular formula is C15H19F3N4. The molecule has 7 heteroatoms. The van der Waals surface area contributed by atoms with E-state index >= 15 is 0 Å². The van der Waals surface area contributed by atoms with Crippen LogP contribution in [0.1, 0.15) is 36.7 Å². The number of anilines is 1. The van der Waals surface area contributed by atoms with E-state index in [1.54, 1.807) is 0 Å². The maximum atomic E-state index is 12.7. The molecule has 0 saturated heterocycles. The monoisotopic (exact) mass is 312 g/mol. The number of aromatic nitrogens is 3. The maximum absolute atomic E-state index is 12.7. The fourth-order valence-corrected chi connectivity index (χ4v) is 2.15. The minimum Gasteiger partial charge on any atom is -0.357 e. The van der Waals surface area contributed by atoms with E-state index in [1.807, 2.05) is 18.2 Å². The molecule has 2 aromatic rings. The number of alkyl halides is 3. The number of nitrogens with one attached hydrogen (secondary N) is 1. The SMILES string of the molecule is CNc1nc(C(F)(F)F)nn1CCc1cccc(C(C)C)c1. The largest absolute Gasteiger partial charge is 0.453 e. The van der Waals surface area contributed by atoms with Crippen molar-refractivity contribution in [3.05, 3.63) is 41.2 Å². The summed E-state index contributed by atoms with van der Waals surface area (Å²) >= 11 is 0. The number of rotatable bonds is 5. The number of aryl methyl sites for hydroxylation is 2. The van der Waals surface area contributed by atoms with Crippen molar-refractivity contribution in [3.8, 4) is 0 Å². The van der Waals surface area contributed by atoms with Gasteiger partial charge in [-0.05, 0) is 23.5 Å². The van der Waals surface area contributed by atoms with E-state index in [1.165, 1.54) is 17.3 Å². The molecule has 0 spiro atoms. The van der Waals surface area contributed by atoms with E-state index in [4.69, 9.17) is 0 Å². The number of hydrogen-bond acceptors (Lipinski definition) is 3. The summed E-state index contributed by atoms with van der Waals surface area (Å²) in [4.78, 5) is 3.47. The summed E-state index contributed by atoms with van der Waals surface area (Å²) in [6, 6.07) is 8.05. The molecule has 0 fully saturated rings. The van der Waals surface area contributed by atoms with Crippen molar-refractivity contribution in [3.63, 3.8) is 0 Å². The topological polar surface area (TPSA) is 42.7 Å². The van der Waals surface area contributed by atoms with Crippen LogP contribution in [0.3, 0.4) is 0 Å². The van der Waals surface area contributed by atoms with Gasteiger partial charge in [-0.3, -0.25) is 0 Å². The van der Waals surface area contributed by atoms with Crippen LogP contribution in [0.25, 0.3) is 0 Å². The molecule has 0 amide bonds. The second kappa shape index (κ2) is 6.37. The molecule has 0 unspecified atom stereocenters. The lowest BCUT2D eigenvalue weighted by atomic mass is 10.00. The Bertz CT molecular complexity index is 632.